The lowest BCUT2D eigenvalue weighted by atomic mass is 9.87. The van der Waals surface area contributed by atoms with Gasteiger partial charge >= 0.3 is 11.9 Å². The Morgan fingerprint density at radius 1 is 1.00 bits per heavy atom. The van der Waals surface area contributed by atoms with E-state index in [2.05, 4.69) is 10.0 Å². The molecule has 3 aromatic carbocycles. The highest BCUT2D eigenvalue weighted by Crippen LogP contribution is 2.50. The molecule has 0 aliphatic carbocycles. The Kier molecular flexibility index (Phi) is 7.63. The number of anilines is 1. The van der Waals surface area contributed by atoms with E-state index in [-0.39, 0.29) is 34.9 Å². The van der Waals surface area contributed by atoms with E-state index in [1.54, 1.807) is 50.2 Å². The summed E-state index contributed by atoms with van der Waals surface area (Å²) >= 11 is 0. The predicted octanol–water partition coefficient (Wildman–Crippen LogP) is 3.39. The van der Waals surface area contributed by atoms with Crippen LogP contribution in [0.3, 0.4) is 0 Å². The first-order chi connectivity index (χ1) is 18.6. The highest BCUT2D eigenvalue weighted by Gasteiger charge is 2.60. The lowest BCUT2D eigenvalue weighted by molar-refractivity contribution is -0.166. The van der Waals surface area contributed by atoms with E-state index >= 15 is 0 Å². The van der Waals surface area contributed by atoms with Gasteiger partial charge in [-0.2, -0.15) is 5.26 Å². The van der Waals surface area contributed by atoms with Crippen LogP contribution in [0.15, 0.2) is 65.6 Å². The number of sulfonamides is 1. The summed E-state index contributed by atoms with van der Waals surface area (Å²) in [6.45, 7) is 4.82. The molecule has 1 heterocycles. The summed E-state index contributed by atoms with van der Waals surface area (Å²) in [5.74, 6) is -2.47. The Balaban J connectivity index is 1.98. The van der Waals surface area contributed by atoms with Gasteiger partial charge in [0.25, 0.3) is 10.0 Å². The summed E-state index contributed by atoms with van der Waals surface area (Å²) < 4.78 is 39.7. The molecular weight excluding hydrogens is 522 g/mol. The highest BCUT2D eigenvalue weighted by atomic mass is 32.2. The molecule has 1 atom stereocenters. The lowest BCUT2D eigenvalue weighted by Gasteiger charge is -2.27. The predicted molar refractivity (Wildman–Crippen MR) is 141 cm³/mol. The highest BCUT2D eigenvalue weighted by molar-refractivity contribution is 7.92. The van der Waals surface area contributed by atoms with E-state index in [4.69, 9.17) is 9.47 Å². The van der Waals surface area contributed by atoms with Crippen molar-refractivity contribution in [2.45, 2.75) is 37.2 Å². The van der Waals surface area contributed by atoms with Gasteiger partial charge in [0.2, 0.25) is 5.54 Å². The van der Waals surface area contributed by atoms with Crippen LogP contribution >= 0.6 is 0 Å². The minimum Gasteiger partial charge on any atom is -0.508 e. The molecule has 10 nitrogen and oxygen atoms in total. The number of hydrogen-bond acceptors (Lipinski definition) is 9. The third-order valence-corrected chi connectivity index (χ3v) is 7.74. The van der Waals surface area contributed by atoms with Crippen molar-refractivity contribution in [1.82, 2.24) is 5.32 Å². The van der Waals surface area contributed by atoms with Gasteiger partial charge in [-0.15, -0.1) is 0 Å². The smallest absolute Gasteiger partial charge is 0.343 e. The summed E-state index contributed by atoms with van der Waals surface area (Å²) in [6, 6.07) is 16.1. The summed E-state index contributed by atoms with van der Waals surface area (Å²) in [7, 11) is -4.11. The normalized spacial score (nSPS) is 15.6. The molecule has 202 valence electrons. The second-order valence-corrected chi connectivity index (χ2v) is 10.5. The summed E-state index contributed by atoms with van der Waals surface area (Å²) in [5, 5.41) is 23.3. The maximum Gasteiger partial charge on any atom is 0.343 e. The Bertz CT molecular complexity index is 1540. The third kappa shape index (κ3) is 4.92. The fourth-order valence-electron chi connectivity index (χ4n) is 4.56. The Labute approximate surface area is 226 Å². The molecular formula is C28H27N3O7S. The van der Waals surface area contributed by atoms with Crippen molar-refractivity contribution >= 4 is 27.6 Å². The van der Waals surface area contributed by atoms with Crippen LogP contribution in [0.25, 0.3) is 0 Å². The van der Waals surface area contributed by atoms with Gasteiger partial charge in [0.1, 0.15) is 5.75 Å². The van der Waals surface area contributed by atoms with Crippen molar-refractivity contribution < 1.29 is 32.6 Å². The largest absolute Gasteiger partial charge is 0.508 e. The van der Waals surface area contributed by atoms with Crippen LogP contribution in [-0.4, -0.2) is 38.7 Å². The quantitative estimate of drug-likeness (QED) is 0.218. The zero-order chi connectivity index (χ0) is 28.4. The standard InChI is InChI=1S/C28H27N3O7S/c1-4-37-26(33)28(27(34)38-5-2)24-22(32)15-14-21(31-39(35,36)20-12-6-17(3)7-13-20)23(24)25(30-28)19-10-8-18(16-29)9-11-19/h6-15,25,30-32H,4-5H2,1-3H3. The molecule has 3 N–H and O–H groups in total. The van der Waals surface area contributed by atoms with Gasteiger partial charge < -0.3 is 14.6 Å². The lowest BCUT2D eigenvalue weighted by Crippen LogP contribution is -2.54. The van der Waals surface area contributed by atoms with Crippen molar-refractivity contribution in [2.75, 3.05) is 17.9 Å². The summed E-state index contributed by atoms with van der Waals surface area (Å²) in [6.07, 6.45) is 0. The average Bonchev–Trinajstić information content (AvgIpc) is 3.29. The van der Waals surface area contributed by atoms with Crippen LogP contribution in [0.4, 0.5) is 5.69 Å². The number of carbonyl (C=O) groups is 2. The number of nitrogens with one attached hydrogen (secondary N) is 2. The molecule has 0 saturated heterocycles. The molecule has 1 aliphatic rings. The molecule has 0 fully saturated rings. The number of nitriles is 1. The monoisotopic (exact) mass is 549 g/mol. The summed E-state index contributed by atoms with van der Waals surface area (Å²) in [5.41, 5.74) is -0.578. The number of aryl methyl sites for hydroxylation is 1. The number of phenolic OH excluding ortho intramolecular Hbond substituents is 1. The van der Waals surface area contributed by atoms with Crippen molar-refractivity contribution in [3.8, 4) is 11.8 Å². The molecule has 0 radical (unpaired) electrons. The minimum absolute atomic E-state index is 0.00199. The number of fused-ring (bicyclic) bond motifs is 1. The number of phenols is 1. The van der Waals surface area contributed by atoms with Crippen molar-refractivity contribution in [3.63, 3.8) is 0 Å². The van der Waals surface area contributed by atoms with Crippen molar-refractivity contribution in [2.24, 2.45) is 0 Å². The Morgan fingerprint density at radius 2 is 1.59 bits per heavy atom. The molecule has 11 heteroatoms. The SMILES string of the molecule is CCOC(=O)C1(C(=O)OCC)NC(c2ccc(C#N)cc2)c2c(NS(=O)(=O)c3ccc(C)cc3)ccc(O)c21. The number of carbonyl (C=O) groups excluding carboxylic acids is 2. The van der Waals surface area contributed by atoms with Gasteiger partial charge in [0.15, 0.2) is 0 Å². The van der Waals surface area contributed by atoms with E-state index in [1.165, 1.54) is 24.3 Å². The van der Waals surface area contributed by atoms with E-state index in [1.807, 2.05) is 13.0 Å². The van der Waals surface area contributed by atoms with Crippen LogP contribution in [-0.2, 0) is 34.6 Å². The van der Waals surface area contributed by atoms with Crippen LogP contribution in [0.1, 0.15) is 47.7 Å². The third-order valence-electron chi connectivity index (χ3n) is 6.36. The molecule has 0 amide bonds. The molecule has 4 rings (SSSR count). The first-order valence-corrected chi connectivity index (χ1v) is 13.6. The van der Waals surface area contributed by atoms with Gasteiger partial charge in [-0.3, -0.25) is 10.0 Å². The number of benzene rings is 3. The maximum absolute atomic E-state index is 13.4. The average molecular weight is 550 g/mol. The van der Waals surface area contributed by atoms with Crippen molar-refractivity contribution in [1.29, 1.82) is 5.26 Å². The van der Waals surface area contributed by atoms with Gasteiger partial charge in [0, 0.05) is 11.1 Å². The molecule has 0 aromatic heterocycles. The zero-order valence-electron chi connectivity index (χ0n) is 21.5. The van der Waals surface area contributed by atoms with Gasteiger partial charge in [-0.05, 0) is 62.7 Å². The van der Waals surface area contributed by atoms with Gasteiger partial charge in [-0.25, -0.2) is 18.0 Å². The Morgan fingerprint density at radius 3 is 2.13 bits per heavy atom. The first kappa shape index (κ1) is 27.6. The molecule has 0 bridgehead atoms. The van der Waals surface area contributed by atoms with Crippen LogP contribution < -0.4 is 10.0 Å². The van der Waals surface area contributed by atoms with E-state index < -0.39 is 39.3 Å². The molecule has 0 spiro atoms. The van der Waals surface area contributed by atoms with E-state index in [0.29, 0.717) is 11.1 Å². The zero-order valence-corrected chi connectivity index (χ0v) is 22.3. The fourth-order valence-corrected chi connectivity index (χ4v) is 5.64. The molecule has 1 unspecified atom stereocenters. The molecule has 39 heavy (non-hydrogen) atoms. The van der Waals surface area contributed by atoms with Gasteiger partial charge in [0.05, 0.1) is 41.5 Å². The maximum atomic E-state index is 13.4. The number of hydrogen-bond donors (Lipinski definition) is 3. The minimum atomic E-state index is -4.11. The number of nitrogens with zero attached hydrogens (tertiary/aromatic N) is 1. The second-order valence-electron chi connectivity index (χ2n) is 8.84. The molecule has 3 aromatic rings. The number of aromatic hydroxyl groups is 1. The second kappa shape index (κ2) is 10.8. The number of esters is 2. The molecule has 0 saturated carbocycles. The first-order valence-electron chi connectivity index (χ1n) is 12.2. The summed E-state index contributed by atoms with van der Waals surface area (Å²) in [4.78, 5) is 26.9. The van der Waals surface area contributed by atoms with Gasteiger partial charge in [-0.1, -0.05) is 29.8 Å². The van der Waals surface area contributed by atoms with E-state index in [0.717, 1.165) is 5.56 Å². The number of ether oxygens (including phenoxy) is 2. The van der Waals surface area contributed by atoms with Crippen molar-refractivity contribution in [3.05, 3.63) is 88.5 Å². The fraction of sp³-hybridized carbons (Fsp3) is 0.250. The van der Waals surface area contributed by atoms with Crippen LogP contribution in [0, 0.1) is 18.3 Å². The van der Waals surface area contributed by atoms with Crippen LogP contribution in [0.5, 0.6) is 5.75 Å². The topological polar surface area (TPSA) is 155 Å². The van der Waals surface area contributed by atoms with Crippen LogP contribution in [0.2, 0.25) is 0 Å². The molecule has 1 aliphatic heterocycles. The van der Waals surface area contributed by atoms with E-state index in [9.17, 15) is 28.4 Å². The Hall–Kier alpha value is -4.40. The number of rotatable bonds is 8.